The summed E-state index contributed by atoms with van der Waals surface area (Å²) in [5, 5.41) is 8.96. The highest BCUT2D eigenvalue weighted by Crippen LogP contribution is 2.24. The molecular formula is C21H25ClFN5O. The van der Waals surface area contributed by atoms with E-state index in [4.69, 9.17) is 11.6 Å². The fourth-order valence-corrected chi connectivity index (χ4v) is 4.14. The van der Waals surface area contributed by atoms with Gasteiger partial charge in [0.15, 0.2) is 11.6 Å². The van der Waals surface area contributed by atoms with Gasteiger partial charge in [0.05, 0.1) is 10.6 Å². The van der Waals surface area contributed by atoms with Gasteiger partial charge in [-0.25, -0.2) is 4.39 Å². The Morgan fingerprint density at radius 1 is 0.966 bits per heavy atom. The molecule has 6 nitrogen and oxygen atoms in total. The topological polar surface area (TPSA) is 52.6 Å². The summed E-state index contributed by atoms with van der Waals surface area (Å²) in [6, 6.07) is 8.31. The monoisotopic (exact) mass is 417 g/mol. The fourth-order valence-electron chi connectivity index (χ4n) is 3.89. The summed E-state index contributed by atoms with van der Waals surface area (Å²) in [7, 11) is 0. The normalized spacial score (nSPS) is 18.2. The third-order valence-electron chi connectivity index (χ3n) is 5.81. The predicted molar refractivity (Wildman–Crippen MR) is 112 cm³/mol. The van der Waals surface area contributed by atoms with Crippen molar-refractivity contribution in [2.75, 3.05) is 49.1 Å². The maximum Gasteiger partial charge on any atom is 0.258 e. The van der Waals surface area contributed by atoms with Crippen molar-refractivity contribution in [3.05, 3.63) is 46.7 Å². The molecule has 0 bridgehead atoms. The van der Waals surface area contributed by atoms with Crippen molar-refractivity contribution >= 4 is 29.1 Å². The smallest absolute Gasteiger partial charge is 0.258 e. The molecule has 0 radical (unpaired) electrons. The Hall–Kier alpha value is -2.41. The van der Waals surface area contributed by atoms with Crippen LogP contribution in [0.15, 0.2) is 30.3 Å². The Labute approximate surface area is 175 Å². The number of anilines is 2. The summed E-state index contributed by atoms with van der Waals surface area (Å²) in [5.74, 6) is 1.54. The van der Waals surface area contributed by atoms with Crippen LogP contribution in [0.1, 0.15) is 30.1 Å². The lowest BCUT2D eigenvalue weighted by molar-refractivity contribution is 0.0742. The van der Waals surface area contributed by atoms with E-state index in [-0.39, 0.29) is 16.5 Å². The Balaban J connectivity index is 1.36. The number of hydrogen-bond donors (Lipinski definition) is 0. The van der Waals surface area contributed by atoms with Crippen molar-refractivity contribution < 1.29 is 9.18 Å². The Kier molecular flexibility index (Phi) is 5.85. The van der Waals surface area contributed by atoms with Crippen LogP contribution < -0.4 is 9.80 Å². The van der Waals surface area contributed by atoms with Crippen LogP contribution >= 0.6 is 11.6 Å². The van der Waals surface area contributed by atoms with E-state index in [1.807, 2.05) is 12.1 Å². The number of nitrogens with zero attached hydrogens (tertiary/aromatic N) is 5. The summed E-state index contributed by atoms with van der Waals surface area (Å²) in [5.41, 5.74) is -0.0531. The molecule has 0 spiro atoms. The number of carbonyl (C=O) groups excluding carboxylic acids is 1. The molecular weight excluding hydrogens is 393 g/mol. The molecule has 8 heteroatoms. The molecule has 1 amide bonds. The maximum absolute atomic E-state index is 14.0. The minimum atomic E-state index is -0.585. The first-order valence-electron chi connectivity index (χ1n) is 10.1. The molecule has 0 aliphatic carbocycles. The third kappa shape index (κ3) is 4.29. The molecule has 2 aliphatic rings. The first kappa shape index (κ1) is 19.9. The highest BCUT2D eigenvalue weighted by atomic mass is 35.5. The van der Waals surface area contributed by atoms with Gasteiger partial charge >= 0.3 is 0 Å². The highest BCUT2D eigenvalue weighted by Gasteiger charge is 2.26. The van der Waals surface area contributed by atoms with Gasteiger partial charge in [0.2, 0.25) is 0 Å². The van der Waals surface area contributed by atoms with Crippen molar-refractivity contribution in [2.24, 2.45) is 5.92 Å². The van der Waals surface area contributed by atoms with Crippen molar-refractivity contribution in [1.29, 1.82) is 0 Å². The lowest BCUT2D eigenvalue weighted by atomic mass is 9.99. The molecule has 3 heterocycles. The molecule has 2 aromatic rings. The number of rotatable bonds is 3. The number of piperazine rings is 1. The lowest BCUT2D eigenvalue weighted by Crippen LogP contribution is -2.49. The van der Waals surface area contributed by atoms with Crippen LogP contribution in [-0.2, 0) is 0 Å². The number of halogens is 2. The van der Waals surface area contributed by atoms with Crippen LogP contribution in [0.2, 0.25) is 5.02 Å². The minimum absolute atomic E-state index is 0.0531. The van der Waals surface area contributed by atoms with Crippen LogP contribution in [0, 0.1) is 11.7 Å². The van der Waals surface area contributed by atoms with Gasteiger partial charge in [-0.1, -0.05) is 24.6 Å². The zero-order chi connectivity index (χ0) is 20.4. The van der Waals surface area contributed by atoms with E-state index < -0.39 is 5.82 Å². The van der Waals surface area contributed by atoms with E-state index in [0.717, 1.165) is 30.6 Å². The molecule has 0 N–H and O–H groups in total. The van der Waals surface area contributed by atoms with Crippen LogP contribution in [-0.4, -0.2) is 60.3 Å². The quantitative estimate of drug-likeness (QED) is 0.765. The van der Waals surface area contributed by atoms with Gasteiger partial charge in [-0.3, -0.25) is 4.79 Å². The van der Waals surface area contributed by atoms with Crippen LogP contribution in [0.25, 0.3) is 0 Å². The SMILES string of the molecule is CC1CCN(c2ccc(N3CCN(C(=O)c4c(F)cccc4Cl)CC3)nn2)CC1. The molecule has 29 heavy (non-hydrogen) atoms. The predicted octanol–water partition coefficient (Wildman–Crippen LogP) is 3.47. The third-order valence-corrected chi connectivity index (χ3v) is 6.13. The summed E-state index contributed by atoms with van der Waals surface area (Å²) >= 11 is 6.03. The first-order valence-corrected chi connectivity index (χ1v) is 10.5. The maximum atomic E-state index is 14.0. The first-order chi connectivity index (χ1) is 14.0. The number of benzene rings is 1. The van der Waals surface area contributed by atoms with E-state index >= 15 is 0 Å². The largest absolute Gasteiger partial charge is 0.355 e. The zero-order valence-corrected chi connectivity index (χ0v) is 17.3. The molecule has 0 atom stereocenters. The second kappa shape index (κ2) is 8.53. The van der Waals surface area contributed by atoms with Gasteiger partial charge in [-0.15, -0.1) is 10.2 Å². The second-order valence-corrected chi connectivity index (χ2v) is 8.20. The van der Waals surface area contributed by atoms with Gasteiger partial charge in [0.1, 0.15) is 5.82 Å². The number of amides is 1. The molecule has 0 saturated carbocycles. The number of piperidine rings is 1. The Bertz CT molecular complexity index is 842. The molecule has 1 aromatic heterocycles. The molecule has 0 unspecified atom stereocenters. The molecule has 1 aromatic carbocycles. The fraction of sp³-hybridized carbons (Fsp3) is 0.476. The van der Waals surface area contributed by atoms with Crippen molar-refractivity contribution in [2.45, 2.75) is 19.8 Å². The summed E-state index contributed by atoms with van der Waals surface area (Å²) in [6.45, 7) is 6.54. The van der Waals surface area contributed by atoms with E-state index in [1.54, 1.807) is 4.90 Å². The molecule has 2 aliphatic heterocycles. The molecule has 4 rings (SSSR count). The highest BCUT2D eigenvalue weighted by molar-refractivity contribution is 6.33. The average Bonchev–Trinajstić information content (AvgIpc) is 2.74. The second-order valence-electron chi connectivity index (χ2n) is 7.80. The van der Waals surface area contributed by atoms with E-state index in [0.29, 0.717) is 26.2 Å². The van der Waals surface area contributed by atoms with E-state index in [2.05, 4.69) is 26.9 Å². The van der Waals surface area contributed by atoms with E-state index in [9.17, 15) is 9.18 Å². The van der Waals surface area contributed by atoms with E-state index in [1.165, 1.54) is 31.0 Å². The molecule has 2 saturated heterocycles. The number of carbonyl (C=O) groups is 1. The zero-order valence-electron chi connectivity index (χ0n) is 16.5. The van der Waals surface area contributed by atoms with Gasteiger partial charge in [-0.05, 0) is 43.0 Å². The van der Waals surface area contributed by atoms with Crippen LogP contribution in [0.4, 0.5) is 16.0 Å². The van der Waals surface area contributed by atoms with Gasteiger partial charge in [0, 0.05) is 39.3 Å². The van der Waals surface area contributed by atoms with Crippen molar-refractivity contribution in [3.63, 3.8) is 0 Å². The standard InChI is InChI=1S/C21H25ClFN5O/c1-15-7-9-26(10-8-15)18-5-6-19(25-24-18)27-11-13-28(14-12-27)21(29)20-16(22)3-2-4-17(20)23/h2-6,15H,7-14H2,1H3. The van der Waals surface area contributed by atoms with Gasteiger partial charge in [0.25, 0.3) is 5.91 Å². The Morgan fingerprint density at radius 2 is 1.55 bits per heavy atom. The van der Waals surface area contributed by atoms with Gasteiger partial charge < -0.3 is 14.7 Å². The molecule has 2 fully saturated rings. The number of aromatic nitrogens is 2. The van der Waals surface area contributed by atoms with Crippen molar-refractivity contribution in [1.82, 2.24) is 15.1 Å². The summed E-state index contributed by atoms with van der Waals surface area (Å²) < 4.78 is 14.0. The summed E-state index contributed by atoms with van der Waals surface area (Å²) in [4.78, 5) is 18.7. The minimum Gasteiger partial charge on any atom is -0.355 e. The van der Waals surface area contributed by atoms with Crippen LogP contribution in [0.3, 0.4) is 0 Å². The van der Waals surface area contributed by atoms with Gasteiger partial charge in [-0.2, -0.15) is 0 Å². The van der Waals surface area contributed by atoms with Crippen LogP contribution in [0.5, 0.6) is 0 Å². The average molecular weight is 418 g/mol. The number of hydrogen-bond acceptors (Lipinski definition) is 5. The molecule has 154 valence electrons. The summed E-state index contributed by atoms with van der Waals surface area (Å²) in [6.07, 6.45) is 2.37. The lowest BCUT2D eigenvalue weighted by Gasteiger charge is -2.35. The Morgan fingerprint density at radius 3 is 2.10 bits per heavy atom. The van der Waals surface area contributed by atoms with Crippen molar-refractivity contribution in [3.8, 4) is 0 Å².